The van der Waals surface area contributed by atoms with Crippen LogP contribution in [0.5, 0.6) is 0 Å². The zero-order chi connectivity index (χ0) is 19.2. The molecule has 0 aromatic rings. The minimum absolute atomic E-state index is 1.70. The van der Waals surface area contributed by atoms with Crippen molar-refractivity contribution in [2.75, 3.05) is 0 Å². The molecule has 1 aliphatic heterocycles. The largest absolute Gasteiger partial charge is 0.336 e. The van der Waals surface area contributed by atoms with Gasteiger partial charge in [-0.05, 0) is 78.6 Å². The van der Waals surface area contributed by atoms with E-state index >= 15 is 0 Å². The van der Waals surface area contributed by atoms with Crippen LogP contribution >= 0.6 is 0 Å². The summed E-state index contributed by atoms with van der Waals surface area (Å²) in [6, 6.07) is 0. The van der Waals surface area contributed by atoms with Gasteiger partial charge in [-0.2, -0.15) is 0 Å². The Labute approximate surface area is 156 Å². The third-order valence-corrected chi connectivity index (χ3v) is 33.8. The molecule has 144 valence electrons. The second-order valence-electron chi connectivity index (χ2n) is 10.5. The fourth-order valence-corrected chi connectivity index (χ4v) is 47.2. The first kappa shape index (κ1) is 23.1. The standard InChI is InChI=1S/C12H42N6Si6/c1-19(2)13-20(3,4)15-22(7,8)17-24(11,12)18-23(9,10)16-21(5,6)14-19/h13-18H,1-12H3. The molecule has 12 heteroatoms. The zero-order valence-corrected chi connectivity index (χ0v) is 24.0. The quantitative estimate of drug-likeness (QED) is 0.324. The lowest BCUT2D eigenvalue weighted by Gasteiger charge is -2.49. The van der Waals surface area contributed by atoms with E-state index in [1.807, 2.05) is 0 Å². The fourth-order valence-electron chi connectivity index (χ4n) is 4.88. The van der Waals surface area contributed by atoms with E-state index in [4.69, 9.17) is 0 Å². The minimum Gasteiger partial charge on any atom is -0.336 e. The zero-order valence-electron chi connectivity index (χ0n) is 18.0. The highest BCUT2D eigenvalue weighted by atomic mass is 28.5. The molecular formula is C12H42N6Si6. The molecule has 0 spiro atoms. The van der Waals surface area contributed by atoms with Gasteiger partial charge in [-0.25, -0.2) is 0 Å². The maximum absolute atomic E-state index is 4.07. The van der Waals surface area contributed by atoms with E-state index in [1.165, 1.54) is 0 Å². The summed E-state index contributed by atoms with van der Waals surface area (Å²) in [5, 5.41) is 0. The van der Waals surface area contributed by atoms with Gasteiger partial charge in [0, 0.05) is 0 Å². The highest BCUT2D eigenvalue weighted by Crippen LogP contribution is 2.12. The molecule has 0 aromatic carbocycles. The molecule has 0 bridgehead atoms. The van der Waals surface area contributed by atoms with E-state index in [0.29, 0.717) is 0 Å². The lowest BCUT2D eigenvalue weighted by atomic mass is 11.9. The summed E-state index contributed by atoms with van der Waals surface area (Å²) in [6.07, 6.45) is 0. The summed E-state index contributed by atoms with van der Waals surface area (Å²) in [7, 11) is -10.2. The number of hydrogen-bond acceptors (Lipinski definition) is 6. The lowest BCUT2D eigenvalue weighted by Crippen LogP contribution is -2.87. The van der Waals surface area contributed by atoms with E-state index in [9.17, 15) is 0 Å². The Hall–Kier alpha value is 1.06. The van der Waals surface area contributed by atoms with Crippen molar-refractivity contribution in [2.24, 2.45) is 0 Å². The first-order chi connectivity index (χ1) is 10.2. The van der Waals surface area contributed by atoms with Crippen LogP contribution in [0.15, 0.2) is 0 Å². The smallest absolute Gasteiger partial charge is 0.183 e. The van der Waals surface area contributed by atoms with Gasteiger partial charge in [-0.1, -0.05) is 0 Å². The average molecular weight is 439 g/mol. The van der Waals surface area contributed by atoms with Gasteiger partial charge in [-0.3, -0.25) is 0 Å². The first-order valence-electron chi connectivity index (χ1n) is 9.00. The molecule has 24 heavy (non-hydrogen) atoms. The van der Waals surface area contributed by atoms with Crippen LogP contribution in [0.1, 0.15) is 0 Å². The van der Waals surface area contributed by atoms with E-state index in [-0.39, 0.29) is 0 Å². The molecule has 1 rings (SSSR count). The van der Waals surface area contributed by atoms with Crippen LogP contribution in [0.2, 0.25) is 78.6 Å². The topological polar surface area (TPSA) is 72.2 Å². The summed E-state index contributed by atoms with van der Waals surface area (Å²) < 4.78 is 24.4. The summed E-state index contributed by atoms with van der Waals surface area (Å²) in [4.78, 5) is 0. The van der Waals surface area contributed by atoms with Crippen molar-refractivity contribution in [1.29, 1.82) is 0 Å². The van der Waals surface area contributed by atoms with Gasteiger partial charge in [0.05, 0.1) is 0 Å². The van der Waals surface area contributed by atoms with Gasteiger partial charge in [0.15, 0.2) is 50.4 Å². The molecule has 0 aliphatic carbocycles. The molecule has 6 N–H and O–H groups in total. The van der Waals surface area contributed by atoms with Crippen LogP contribution in [0.4, 0.5) is 0 Å². The molecule has 0 saturated carbocycles. The summed E-state index contributed by atoms with van der Waals surface area (Å²) in [5.41, 5.74) is 0. The normalized spacial score (nSPS) is 31.5. The van der Waals surface area contributed by atoms with E-state index in [1.54, 1.807) is 0 Å². The van der Waals surface area contributed by atoms with E-state index in [2.05, 4.69) is 106 Å². The van der Waals surface area contributed by atoms with E-state index in [0.717, 1.165) is 0 Å². The summed E-state index contributed by atoms with van der Waals surface area (Å²) in [5.74, 6) is 0. The number of hydrogen-bond donors (Lipinski definition) is 6. The number of rotatable bonds is 0. The van der Waals surface area contributed by atoms with Crippen molar-refractivity contribution in [3.05, 3.63) is 0 Å². The van der Waals surface area contributed by atoms with Crippen LogP contribution in [0.25, 0.3) is 0 Å². The molecule has 0 aromatic heterocycles. The van der Waals surface area contributed by atoms with Crippen LogP contribution in [0, 0.1) is 0 Å². The highest BCUT2D eigenvalue weighted by Gasteiger charge is 2.45. The highest BCUT2D eigenvalue weighted by molar-refractivity contribution is 7.05. The van der Waals surface area contributed by atoms with Gasteiger partial charge in [0.1, 0.15) is 0 Å². The molecular weight excluding hydrogens is 397 g/mol. The Morgan fingerprint density at radius 1 is 0.250 bits per heavy atom. The lowest BCUT2D eigenvalue weighted by molar-refractivity contribution is 1.04. The Bertz CT molecular complexity index is 332. The third kappa shape index (κ3) is 8.17. The van der Waals surface area contributed by atoms with Crippen molar-refractivity contribution < 1.29 is 0 Å². The van der Waals surface area contributed by atoms with Gasteiger partial charge in [0.25, 0.3) is 0 Å². The van der Waals surface area contributed by atoms with Crippen molar-refractivity contribution in [3.63, 3.8) is 0 Å². The molecule has 1 aliphatic rings. The van der Waals surface area contributed by atoms with E-state index < -0.39 is 50.4 Å². The predicted octanol–water partition coefficient (Wildman–Crippen LogP) is 1.75. The third-order valence-electron chi connectivity index (χ3n) is 3.75. The van der Waals surface area contributed by atoms with Gasteiger partial charge >= 0.3 is 0 Å². The predicted molar refractivity (Wildman–Crippen MR) is 124 cm³/mol. The van der Waals surface area contributed by atoms with Crippen LogP contribution < -0.4 is 27.9 Å². The molecule has 0 atom stereocenters. The van der Waals surface area contributed by atoms with Crippen LogP contribution in [-0.4, -0.2) is 50.4 Å². The van der Waals surface area contributed by atoms with Gasteiger partial charge in [0.2, 0.25) is 0 Å². The molecule has 6 nitrogen and oxygen atoms in total. The number of nitrogens with one attached hydrogen (secondary N) is 6. The molecule has 0 amide bonds. The van der Waals surface area contributed by atoms with Crippen molar-refractivity contribution >= 4 is 50.4 Å². The summed E-state index contributed by atoms with van der Waals surface area (Å²) in [6.45, 7) is 28.9. The molecule has 1 saturated heterocycles. The Kier molecular flexibility index (Phi) is 6.64. The van der Waals surface area contributed by atoms with Crippen molar-refractivity contribution in [3.8, 4) is 0 Å². The second kappa shape index (κ2) is 6.90. The monoisotopic (exact) mass is 438 g/mol. The molecule has 1 fully saturated rings. The second-order valence-corrected chi connectivity index (χ2v) is 36.0. The average Bonchev–Trinajstić information content (AvgIpc) is 1.98. The van der Waals surface area contributed by atoms with Crippen molar-refractivity contribution in [1.82, 2.24) is 27.9 Å². The van der Waals surface area contributed by atoms with Gasteiger partial charge in [-0.15, -0.1) is 0 Å². The first-order valence-corrected chi connectivity index (χ1v) is 27.0. The summed E-state index contributed by atoms with van der Waals surface area (Å²) >= 11 is 0. The van der Waals surface area contributed by atoms with Gasteiger partial charge < -0.3 is 27.9 Å². The van der Waals surface area contributed by atoms with Crippen molar-refractivity contribution in [2.45, 2.75) is 78.6 Å². The van der Waals surface area contributed by atoms with Crippen LogP contribution in [0.3, 0.4) is 0 Å². The maximum atomic E-state index is 4.07. The molecule has 0 radical (unpaired) electrons. The maximum Gasteiger partial charge on any atom is 0.183 e. The fraction of sp³-hybridized carbons (Fsp3) is 1.00. The Balaban J connectivity index is 3.24. The molecule has 1 heterocycles. The Morgan fingerprint density at radius 3 is 0.417 bits per heavy atom. The Morgan fingerprint density at radius 2 is 0.333 bits per heavy atom. The minimum atomic E-state index is -1.70. The molecule has 0 unspecified atom stereocenters. The SMILES string of the molecule is C[Si]1(C)N[Si](C)(C)N[Si](C)(C)N[Si](C)(C)N[Si](C)(C)N[Si](C)(C)N1. The van der Waals surface area contributed by atoms with Crippen LogP contribution in [-0.2, 0) is 0 Å².